The molecule has 0 bridgehead atoms. The van der Waals surface area contributed by atoms with Crippen LogP contribution in [0.4, 0.5) is 0 Å². The molecule has 1 aromatic carbocycles. The minimum atomic E-state index is -3.48. The predicted octanol–water partition coefficient (Wildman–Crippen LogP) is 1.63. The Morgan fingerprint density at radius 1 is 1.15 bits per heavy atom. The highest BCUT2D eigenvalue weighted by atomic mass is 32.2. The Labute approximate surface area is 155 Å². The Morgan fingerprint density at radius 2 is 1.85 bits per heavy atom. The number of aryl methyl sites for hydroxylation is 1. The molecule has 142 valence electrons. The number of carbonyl (C=O) groups is 2. The fourth-order valence-corrected chi connectivity index (χ4v) is 5.20. The number of likely N-dealkylation sites (tertiary alicyclic amines) is 2. The van der Waals surface area contributed by atoms with Gasteiger partial charge in [-0.2, -0.15) is 0 Å². The van der Waals surface area contributed by atoms with Crippen LogP contribution >= 0.6 is 0 Å². The maximum atomic E-state index is 12.5. The number of nitrogens with zero attached hydrogens (tertiary/aromatic N) is 2. The predicted molar refractivity (Wildman–Crippen MR) is 98.3 cm³/mol. The maximum Gasteiger partial charge on any atom is 0.230 e. The molecule has 6 nitrogen and oxygen atoms in total. The van der Waals surface area contributed by atoms with E-state index in [1.165, 1.54) is 0 Å². The van der Waals surface area contributed by atoms with Crippen LogP contribution in [-0.2, 0) is 19.4 Å². The first-order valence-corrected chi connectivity index (χ1v) is 10.7. The molecule has 2 fully saturated rings. The van der Waals surface area contributed by atoms with E-state index in [0.717, 1.165) is 24.9 Å². The second-order valence-electron chi connectivity index (χ2n) is 7.56. The van der Waals surface area contributed by atoms with E-state index >= 15 is 0 Å². The van der Waals surface area contributed by atoms with Gasteiger partial charge in [-0.15, -0.1) is 0 Å². The topological polar surface area (TPSA) is 74.8 Å². The van der Waals surface area contributed by atoms with E-state index in [2.05, 4.69) is 0 Å². The highest BCUT2D eigenvalue weighted by molar-refractivity contribution is 7.91. The second kappa shape index (κ2) is 7.02. The second-order valence-corrected chi connectivity index (χ2v) is 9.67. The van der Waals surface area contributed by atoms with Gasteiger partial charge in [0.25, 0.3) is 0 Å². The highest BCUT2D eigenvalue weighted by Crippen LogP contribution is 2.39. The summed E-state index contributed by atoms with van der Waals surface area (Å²) in [5.74, 6) is -0.267. The summed E-state index contributed by atoms with van der Waals surface area (Å²) in [6, 6.07) is 6.67. The third kappa shape index (κ3) is 3.63. The Balaban J connectivity index is 1.61. The minimum absolute atomic E-state index is 0.0453. The van der Waals surface area contributed by atoms with Crippen LogP contribution in [0.2, 0.25) is 0 Å². The number of rotatable bonds is 4. The third-order valence-corrected chi connectivity index (χ3v) is 7.35. The molecule has 2 amide bonds. The number of hydrogen-bond acceptors (Lipinski definition) is 4. The summed E-state index contributed by atoms with van der Waals surface area (Å²) in [4.78, 5) is 28.7. The molecule has 2 saturated heterocycles. The number of hydrogen-bond donors (Lipinski definition) is 0. The van der Waals surface area contributed by atoms with E-state index in [1.807, 2.05) is 14.0 Å². The van der Waals surface area contributed by atoms with Crippen LogP contribution in [0.1, 0.15) is 31.2 Å². The van der Waals surface area contributed by atoms with Gasteiger partial charge in [0.2, 0.25) is 11.8 Å². The van der Waals surface area contributed by atoms with Gasteiger partial charge in [0.1, 0.15) is 0 Å². The number of benzene rings is 1. The summed E-state index contributed by atoms with van der Waals surface area (Å²) >= 11 is 0. The molecule has 7 heteroatoms. The highest BCUT2D eigenvalue weighted by Gasteiger charge is 2.48. The van der Waals surface area contributed by atoms with Gasteiger partial charge in [0.05, 0.1) is 16.1 Å². The largest absolute Gasteiger partial charge is 0.345 e. The monoisotopic (exact) mass is 378 g/mol. The lowest BCUT2D eigenvalue weighted by molar-refractivity contribution is -0.144. The van der Waals surface area contributed by atoms with Gasteiger partial charge in [-0.05, 0) is 38.3 Å². The van der Waals surface area contributed by atoms with Crippen molar-refractivity contribution < 1.29 is 18.0 Å². The van der Waals surface area contributed by atoms with Crippen molar-refractivity contribution in [2.24, 2.45) is 5.41 Å². The number of sulfone groups is 1. The number of amides is 2. The standard InChI is InChI=1S/C19H26N2O4S/c1-15-4-6-16(7-5-15)26(24,25)13-8-17(22)21-12-10-19(14-21)9-3-11-20(2)18(19)23/h4-7H,3,8-14H2,1-2H3. The number of carbonyl (C=O) groups excluding carboxylic acids is 2. The summed E-state index contributed by atoms with van der Waals surface area (Å²) in [7, 11) is -1.67. The van der Waals surface area contributed by atoms with Crippen molar-refractivity contribution in [3.63, 3.8) is 0 Å². The SMILES string of the molecule is Cc1ccc(S(=O)(=O)CCC(=O)N2CCC3(CCCN(C)C3=O)C2)cc1. The molecule has 1 unspecified atom stereocenters. The zero-order valence-corrected chi connectivity index (χ0v) is 16.2. The van der Waals surface area contributed by atoms with E-state index < -0.39 is 15.3 Å². The van der Waals surface area contributed by atoms with Crippen LogP contribution in [0.25, 0.3) is 0 Å². The molecule has 1 aromatic rings. The van der Waals surface area contributed by atoms with Gasteiger partial charge >= 0.3 is 0 Å². The van der Waals surface area contributed by atoms with Crippen molar-refractivity contribution in [1.29, 1.82) is 0 Å². The maximum absolute atomic E-state index is 12.5. The zero-order valence-electron chi connectivity index (χ0n) is 15.4. The van der Waals surface area contributed by atoms with Crippen molar-refractivity contribution in [2.45, 2.75) is 37.5 Å². The van der Waals surface area contributed by atoms with Crippen molar-refractivity contribution in [1.82, 2.24) is 9.80 Å². The van der Waals surface area contributed by atoms with E-state index in [0.29, 0.717) is 19.5 Å². The molecule has 0 N–H and O–H groups in total. The van der Waals surface area contributed by atoms with Crippen LogP contribution in [0.3, 0.4) is 0 Å². The summed E-state index contributed by atoms with van der Waals surface area (Å²) in [6.07, 6.45) is 2.39. The Bertz CT molecular complexity index is 803. The van der Waals surface area contributed by atoms with Gasteiger partial charge in [-0.1, -0.05) is 17.7 Å². The van der Waals surface area contributed by atoms with E-state index in [-0.39, 0.29) is 28.9 Å². The molecule has 1 atom stereocenters. The normalized spacial score (nSPS) is 23.7. The molecule has 0 aliphatic carbocycles. The van der Waals surface area contributed by atoms with Gasteiger partial charge < -0.3 is 9.80 Å². The first kappa shape index (κ1) is 18.9. The smallest absolute Gasteiger partial charge is 0.230 e. The van der Waals surface area contributed by atoms with Crippen molar-refractivity contribution in [2.75, 3.05) is 32.4 Å². The lowest BCUT2D eigenvalue weighted by Gasteiger charge is -2.37. The lowest BCUT2D eigenvalue weighted by atomic mass is 9.78. The van der Waals surface area contributed by atoms with Crippen LogP contribution in [-0.4, -0.2) is 62.5 Å². The molecule has 1 spiro atoms. The van der Waals surface area contributed by atoms with E-state index in [4.69, 9.17) is 0 Å². The van der Waals surface area contributed by atoms with Crippen molar-refractivity contribution >= 4 is 21.7 Å². The summed E-state index contributed by atoms with van der Waals surface area (Å²) in [5, 5.41) is 0. The molecular formula is C19H26N2O4S. The van der Waals surface area contributed by atoms with Crippen molar-refractivity contribution in [3.05, 3.63) is 29.8 Å². The fourth-order valence-electron chi connectivity index (χ4n) is 3.98. The molecule has 0 aromatic heterocycles. The molecule has 26 heavy (non-hydrogen) atoms. The van der Waals surface area contributed by atoms with Crippen LogP contribution in [0.15, 0.2) is 29.2 Å². The summed E-state index contributed by atoms with van der Waals surface area (Å²) < 4.78 is 24.8. The molecule has 2 aliphatic heterocycles. The fraction of sp³-hybridized carbons (Fsp3) is 0.579. The van der Waals surface area contributed by atoms with E-state index in [9.17, 15) is 18.0 Å². The van der Waals surface area contributed by atoms with E-state index in [1.54, 1.807) is 34.1 Å². The Morgan fingerprint density at radius 3 is 2.54 bits per heavy atom. The number of piperidine rings is 1. The molecule has 2 heterocycles. The van der Waals surface area contributed by atoms with Gasteiger partial charge in [-0.3, -0.25) is 9.59 Å². The molecule has 0 radical (unpaired) electrons. The van der Waals surface area contributed by atoms with Crippen LogP contribution < -0.4 is 0 Å². The molecule has 3 rings (SSSR count). The minimum Gasteiger partial charge on any atom is -0.345 e. The summed E-state index contributed by atoms with van der Waals surface area (Å²) in [5.41, 5.74) is 0.530. The molecular weight excluding hydrogens is 352 g/mol. The molecule has 2 aliphatic rings. The quantitative estimate of drug-likeness (QED) is 0.798. The average molecular weight is 378 g/mol. The molecule has 0 saturated carbocycles. The van der Waals surface area contributed by atoms with Crippen LogP contribution in [0, 0.1) is 12.3 Å². The summed E-state index contributed by atoms with van der Waals surface area (Å²) in [6.45, 7) is 3.61. The Kier molecular flexibility index (Phi) is 5.10. The van der Waals surface area contributed by atoms with Gasteiger partial charge in [0, 0.05) is 33.1 Å². The van der Waals surface area contributed by atoms with Crippen molar-refractivity contribution in [3.8, 4) is 0 Å². The van der Waals surface area contributed by atoms with Gasteiger partial charge in [-0.25, -0.2) is 8.42 Å². The first-order chi connectivity index (χ1) is 12.2. The lowest BCUT2D eigenvalue weighted by Crippen LogP contribution is -2.48. The zero-order chi connectivity index (χ0) is 18.9. The van der Waals surface area contributed by atoms with Gasteiger partial charge in [0.15, 0.2) is 9.84 Å². The average Bonchev–Trinajstić information content (AvgIpc) is 3.03. The van der Waals surface area contributed by atoms with Crippen LogP contribution in [0.5, 0.6) is 0 Å². The third-order valence-electron chi connectivity index (χ3n) is 5.62. The Hall–Kier alpha value is -1.89. The first-order valence-electron chi connectivity index (χ1n) is 9.06.